The molecule has 0 spiro atoms. The molecule has 2 amide bonds. The number of thiophene rings is 1. The first kappa shape index (κ1) is 17.2. The lowest BCUT2D eigenvalue weighted by Crippen LogP contribution is -2.40. The number of carbonyl (C=O) groups excluding carboxylic acids is 2. The van der Waals surface area contributed by atoms with Crippen molar-refractivity contribution in [3.05, 3.63) is 21.9 Å². The Morgan fingerprint density at radius 3 is 2.76 bits per heavy atom. The fourth-order valence-electron chi connectivity index (χ4n) is 1.75. The normalized spacial score (nSPS) is 10.1. The Hall–Kier alpha value is -1.84. The number of aliphatic hydroxyl groups is 1. The van der Waals surface area contributed by atoms with Crippen molar-refractivity contribution in [1.29, 1.82) is 0 Å². The number of carbonyl (C=O) groups is 2. The molecule has 0 aliphatic heterocycles. The van der Waals surface area contributed by atoms with Crippen LogP contribution in [0.4, 0.5) is 0 Å². The quantitative estimate of drug-likeness (QED) is 0.771. The van der Waals surface area contributed by atoms with Crippen LogP contribution in [-0.4, -0.2) is 41.5 Å². The van der Waals surface area contributed by atoms with Crippen molar-refractivity contribution >= 4 is 23.2 Å². The number of aliphatic hydroxyl groups excluding tert-OH is 1. The molecule has 0 aromatic carbocycles. The Labute approximate surface area is 128 Å². The van der Waals surface area contributed by atoms with Crippen molar-refractivity contribution in [2.45, 2.75) is 20.3 Å². The number of hydrogen-bond acceptors (Lipinski definition) is 4. The van der Waals surface area contributed by atoms with E-state index in [0.29, 0.717) is 18.5 Å². The van der Waals surface area contributed by atoms with E-state index in [0.717, 1.165) is 4.88 Å². The summed E-state index contributed by atoms with van der Waals surface area (Å²) in [7, 11) is 0. The molecule has 0 saturated heterocycles. The minimum absolute atomic E-state index is 0.0188. The van der Waals surface area contributed by atoms with Gasteiger partial charge < -0.3 is 15.7 Å². The third kappa shape index (κ3) is 5.98. The van der Waals surface area contributed by atoms with Gasteiger partial charge in [0.15, 0.2) is 0 Å². The lowest BCUT2D eigenvalue weighted by Gasteiger charge is -2.22. The summed E-state index contributed by atoms with van der Waals surface area (Å²) in [5, 5.41) is 10.4. The molecule has 5 nitrogen and oxygen atoms in total. The average molecular weight is 308 g/mol. The molecular formula is C15H20N2O3S. The molecule has 1 aromatic rings. The second kappa shape index (κ2) is 8.45. The second-order valence-corrected chi connectivity index (χ2v) is 5.93. The van der Waals surface area contributed by atoms with Crippen LogP contribution in [0, 0.1) is 17.8 Å². The molecule has 3 N–H and O–H groups in total. The number of primary amides is 1. The van der Waals surface area contributed by atoms with Crippen LogP contribution in [0.3, 0.4) is 0 Å². The van der Waals surface area contributed by atoms with Crippen LogP contribution in [0.1, 0.15) is 35.5 Å². The molecule has 1 heterocycles. The van der Waals surface area contributed by atoms with Crippen molar-refractivity contribution in [3.63, 3.8) is 0 Å². The summed E-state index contributed by atoms with van der Waals surface area (Å²) in [6.07, 6.45) is 0.405. The molecule has 0 aliphatic carbocycles. The molecule has 6 heteroatoms. The highest BCUT2D eigenvalue weighted by atomic mass is 32.1. The summed E-state index contributed by atoms with van der Waals surface area (Å²) >= 11 is 1.36. The summed E-state index contributed by atoms with van der Waals surface area (Å²) in [5.74, 6) is 5.20. The number of nitrogens with zero attached hydrogens (tertiary/aromatic N) is 1. The van der Waals surface area contributed by atoms with Gasteiger partial charge >= 0.3 is 0 Å². The van der Waals surface area contributed by atoms with Gasteiger partial charge in [-0.2, -0.15) is 0 Å². The largest absolute Gasteiger partial charge is 0.395 e. The predicted molar refractivity (Wildman–Crippen MR) is 82.8 cm³/mol. The Kier molecular flexibility index (Phi) is 6.92. The Morgan fingerprint density at radius 1 is 1.48 bits per heavy atom. The van der Waals surface area contributed by atoms with Gasteiger partial charge in [-0.25, -0.2) is 0 Å². The van der Waals surface area contributed by atoms with Gasteiger partial charge in [0.2, 0.25) is 5.91 Å². The van der Waals surface area contributed by atoms with Crippen LogP contribution < -0.4 is 5.73 Å². The molecule has 0 unspecified atom stereocenters. The lowest BCUT2D eigenvalue weighted by atomic mass is 10.2. The summed E-state index contributed by atoms with van der Waals surface area (Å²) in [6.45, 7) is 4.36. The van der Waals surface area contributed by atoms with Gasteiger partial charge in [0.1, 0.15) is 0 Å². The Bertz CT molecular complexity index is 555. The first-order valence-corrected chi connectivity index (χ1v) is 7.57. The molecular weight excluding hydrogens is 288 g/mol. The maximum absolute atomic E-state index is 12.4. The van der Waals surface area contributed by atoms with E-state index in [1.165, 1.54) is 16.2 Å². The molecule has 0 fully saturated rings. The number of rotatable bonds is 6. The zero-order valence-electron chi connectivity index (χ0n) is 12.3. The second-order valence-electron chi connectivity index (χ2n) is 5.02. The average Bonchev–Trinajstić information content (AvgIpc) is 2.85. The number of amides is 2. The van der Waals surface area contributed by atoms with E-state index in [1.54, 1.807) is 11.4 Å². The molecule has 0 atom stereocenters. The Morgan fingerprint density at radius 2 is 2.19 bits per heavy atom. The fraction of sp³-hybridized carbons (Fsp3) is 0.467. The zero-order valence-corrected chi connectivity index (χ0v) is 13.1. The van der Waals surface area contributed by atoms with Gasteiger partial charge in [-0.1, -0.05) is 25.7 Å². The van der Waals surface area contributed by atoms with Gasteiger partial charge in [-0.05, 0) is 12.0 Å². The molecule has 21 heavy (non-hydrogen) atoms. The monoisotopic (exact) mass is 308 g/mol. The molecule has 0 bridgehead atoms. The van der Waals surface area contributed by atoms with E-state index in [9.17, 15) is 9.59 Å². The number of nitrogens with two attached hydrogens (primary N) is 1. The topological polar surface area (TPSA) is 83.6 Å². The van der Waals surface area contributed by atoms with Crippen molar-refractivity contribution in [2.24, 2.45) is 11.7 Å². The standard InChI is InChI=1S/C15H20N2O3S/c1-11(2)8-17(9-14(16)19)15(20)12-7-13(21-10-12)5-3-4-6-18/h7,10-11,18H,4,6,8-9H2,1-2H3,(H2,16,19). The first-order valence-electron chi connectivity index (χ1n) is 6.70. The Balaban J connectivity index is 2.84. The van der Waals surface area contributed by atoms with E-state index >= 15 is 0 Å². The molecule has 1 rings (SSSR count). The van der Waals surface area contributed by atoms with E-state index < -0.39 is 5.91 Å². The van der Waals surface area contributed by atoms with Crippen LogP contribution in [0.25, 0.3) is 0 Å². The van der Waals surface area contributed by atoms with E-state index in [4.69, 9.17) is 10.8 Å². The van der Waals surface area contributed by atoms with Crippen LogP contribution in [-0.2, 0) is 4.79 Å². The van der Waals surface area contributed by atoms with Gasteiger partial charge in [-0.15, -0.1) is 11.3 Å². The predicted octanol–water partition coefficient (Wildman–Crippen LogP) is 1.07. The van der Waals surface area contributed by atoms with Crippen molar-refractivity contribution in [1.82, 2.24) is 4.90 Å². The summed E-state index contributed by atoms with van der Waals surface area (Å²) in [5.41, 5.74) is 5.70. The van der Waals surface area contributed by atoms with E-state index in [2.05, 4.69) is 11.8 Å². The molecule has 114 valence electrons. The highest BCUT2D eigenvalue weighted by molar-refractivity contribution is 7.10. The maximum atomic E-state index is 12.4. The highest BCUT2D eigenvalue weighted by Gasteiger charge is 2.19. The minimum Gasteiger partial charge on any atom is -0.395 e. The van der Waals surface area contributed by atoms with Crippen LogP contribution >= 0.6 is 11.3 Å². The SMILES string of the molecule is CC(C)CN(CC(N)=O)C(=O)c1csc(C#CCCO)c1. The van der Waals surface area contributed by atoms with E-state index in [1.807, 2.05) is 13.8 Å². The van der Waals surface area contributed by atoms with Gasteiger partial charge in [0, 0.05) is 18.3 Å². The summed E-state index contributed by atoms with van der Waals surface area (Å²) < 4.78 is 0. The van der Waals surface area contributed by atoms with Gasteiger partial charge in [-0.3, -0.25) is 9.59 Å². The first-order chi connectivity index (χ1) is 9.93. The van der Waals surface area contributed by atoms with Crippen molar-refractivity contribution in [2.75, 3.05) is 19.7 Å². The van der Waals surface area contributed by atoms with Gasteiger partial charge in [0.25, 0.3) is 5.91 Å². The zero-order chi connectivity index (χ0) is 15.8. The van der Waals surface area contributed by atoms with Crippen LogP contribution in [0.5, 0.6) is 0 Å². The molecule has 0 radical (unpaired) electrons. The van der Waals surface area contributed by atoms with Crippen LogP contribution in [0.2, 0.25) is 0 Å². The fourth-order valence-corrected chi connectivity index (χ4v) is 2.50. The number of hydrogen-bond donors (Lipinski definition) is 2. The maximum Gasteiger partial charge on any atom is 0.255 e. The minimum atomic E-state index is -0.526. The van der Waals surface area contributed by atoms with Crippen molar-refractivity contribution < 1.29 is 14.7 Å². The summed E-state index contributed by atoms with van der Waals surface area (Å²) in [4.78, 5) is 25.7. The summed E-state index contributed by atoms with van der Waals surface area (Å²) in [6, 6.07) is 1.70. The third-order valence-corrected chi connectivity index (χ3v) is 3.36. The third-order valence-electron chi connectivity index (χ3n) is 2.51. The molecule has 1 aromatic heterocycles. The van der Waals surface area contributed by atoms with E-state index in [-0.39, 0.29) is 25.0 Å². The van der Waals surface area contributed by atoms with Gasteiger partial charge in [0.05, 0.1) is 23.6 Å². The van der Waals surface area contributed by atoms with Crippen LogP contribution in [0.15, 0.2) is 11.4 Å². The van der Waals surface area contributed by atoms with Crippen molar-refractivity contribution in [3.8, 4) is 11.8 Å². The highest BCUT2D eigenvalue weighted by Crippen LogP contribution is 2.16. The smallest absolute Gasteiger partial charge is 0.255 e. The molecule has 0 saturated carbocycles. The molecule has 0 aliphatic rings. The lowest BCUT2D eigenvalue weighted by molar-refractivity contribution is -0.118.